The second-order valence-electron chi connectivity index (χ2n) is 3.90. The van der Waals surface area contributed by atoms with E-state index in [0.717, 1.165) is 31.8 Å². The van der Waals surface area contributed by atoms with Gasteiger partial charge in [-0.25, -0.2) is 0 Å². The van der Waals surface area contributed by atoms with Crippen LogP contribution in [0.15, 0.2) is 0 Å². The Hall–Kier alpha value is -0.970. The summed E-state index contributed by atoms with van der Waals surface area (Å²) < 4.78 is 0. The lowest BCUT2D eigenvalue weighted by molar-refractivity contribution is -0.126. The quantitative estimate of drug-likeness (QED) is 0.615. The van der Waals surface area contributed by atoms with Crippen LogP contribution in [0.2, 0.25) is 0 Å². The van der Waals surface area contributed by atoms with Crippen molar-refractivity contribution in [1.82, 2.24) is 4.90 Å². The molecule has 14 heavy (non-hydrogen) atoms. The highest BCUT2D eigenvalue weighted by atomic mass is 16.2. The number of carbonyl (C=O) groups is 1. The largest absolute Gasteiger partial charge is 0.332 e. The average Bonchev–Trinajstić information content (AvgIpc) is 2.20. The summed E-state index contributed by atoms with van der Waals surface area (Å²) in [5.41, 5.74) is 0. The van der Waals surface area contributed by atoms with E-state index < -0.39 is 0 Å². The molecule has 0 aromatic rings. The van der Waals surface area contributed by atoms with Gasteiger partial charge in [-0.2, -0.15) is 0 Å². The van der Waals surface area contributed by atoms with Crippen molar-refractivity contribution in [3.63, 3.8) is 0 Å². The topological polar surface area (TPSA) is 20.3 Å². The Bertz CT molecular complexity index is 241. The van der Waals surface area contributed by atoms with Gasteiger partial charge in [0.25, 0.3) is 5.91 Å². The molecule has 0 bridgehead atoms. The van der Waals surface area contributed by atoms with Gasteiger partial charge in [0.15, 0.2) is 0 Å². The number of likely N-dealkylation sites (tertiary alicyclic amines) is 1. The van der Waals surface area contributed by atoms with Gasteiger partial charge in [0.05, 0.1) is 0 Å². The van der Waals surface area contributed by atoms with Crippen LogP contribution in [0.5, 0.6) is 0 Å². The Morgan fingerprint density at radius 2 is 2.07 bits per heavy atom. The summed E-state index contributed by atoms with van der Waals surface area (Å²) in [5.74, 6) is 6.09. The maximum Gasteiger partial charge on any atom is 0.298 e. The number of carbonyl (C=O) groups excluding carboxylic acids is 1. The Balaban J connectivity index is 2.34. The van der Waals surface area contributed by atoms with Crippen molar-refractivity contribution in [2.75, 3.05) is 13.1 Å². The minimum absolute atomic E-state index is 0.00227. The maximum absolute atomic E-state index is 11.4. The van der Waals surface area contributed by atoms with Crippen LogP contribution in [0.4, 0.5) is 0 Å². The zero-order chi connectivity index (χ0) is 10.4. The van der Waals surface area contributed by atoms with E-state index in [1.165, 1.54) is 12.8 Å². The fraction of sp³-hybridized carbons (Fsp3) is 0.750. The predicted octanol–water partition coefficient (Wildman–Crippen LogP) is 2.05. The van der Waals surface area contributed by atoms with Crippen molar-refractivity contribution in [3.8, 4) is 11.8 Å². The van der Waals surface area contributed by atoms with Gasteiger partial charge in [-0.05, 0) is 31.6 Å². The molecule has 1 heterocycles. The molecule has 0 aromatic heterocycles. The Morgan fingerprint density at radius 3 is 2.57 bits per heavy atom. The minimum Gasteiger partial charge on any atom is -0.332 e. The van der Waals surface area contributed by atoms with Crippen molar-refractivity contribution < 1.29 is 4.79 Å². The molecule has 0 atom stereocenters. The summed E-state index contributed by atoms with van der Waals surface area (Å²) in [6.07, 6.45) is 4.88. The molecular weight excluding hydrogens is 174 g/mol. The predicted molar refractivity (Wildman–Crippen MR) is 57.7 cm³/mol. The summed E-state index contributed by atoms with van der Waals surface area (Å²) in [6, 6.07) is 0. The second-order valence-corrected chi connectivity index (χ2v) is 3.90. The monoisotopic (exact) mass is 193 g/mol. The molecule has 1 rings (SSSR count). The normalized spacial score (nSPS) is 17.4. The van der Waals surface area contributed by atoms with Gasteiger partial charge in [-0.3, -0.25) is 4.79 Å². The second kappa shape index (κ2) is 5.70. The van der Waals surface area contributed by atoms with Gasteiger partial charge >= 0.3 is 0 Å². The first kappa shape index (κ1) is 11.1. The molecule has 0 radical (unpaired) electrons. The third-order valence-electron chi connectivity index (χ3n) is 2.83. The Labute approximate surface area is 86.7 Å². The van der Waals surface area contributed by atoms with Gasteiger partial charge in [0.2, 0.25) is 0 Å². The van der Waals surface area contributed by atoms with E-state index in [0.29, 0.717) is 0 Å². The maximum atomic E-state index is 11.4. The highest BCUT2D eigenvalue weighted by Crippen LogP contribution is 2.21. The molecule has 2 nitrogen and oxygen atoms in total. The van der Waals surface area contributed by atoms with Gasteiger partial charge in [-0.15, -0.1) is 0 Å². The van der Waals surface area contributed by atoms with E-state index >= 15 is 0 Å². The van der Waals surface area contributed by atoms with Crippen molar-refractivity contribution in [3.05, 3.63) is 0 Å². The molecule has 0 saturated carbocycles. The molecule has 0 aliphatic carbocycles. The van der Waals surface area contributed by atoms with Crippen LogP contribution < -0.4 is 0 Å². The lowest BCUT2D eigenvalue weighted by atomic mass is 9.92. The number of rotatable bonds is 2. The molecule has 1 amide bonds. The number of piperidine rings is 1. The molecule has 1 aliphatic heterocycles. The van der Waals surface area contributed by atoms with E-state index in [9.17, 15) is 4.79 Å². The lowest BCUT2D eigenvalue weighted by Crippen LogP contribution is -2.37. The van der Waals surface area contributed by atoms with E-state index in [2.05, 4.69) is 18.8 Å². The van der Waals surface area contributed by atoms with Crippen LogP contribution in [-0.4, -0.2) is 23.9 Å². The molecule has 0 N–H and O–H groups in total. The van der Waals surface area contributed by atoms with Crippen LogP contribution >= 0.6 is 0 Å². The molecular formula is C12H19NO. The molecule has 1 fully saturated rings. The molecule has 78 valence electrons. The van der Waals surface area contributed by atoms with E-state index in [1.807, 2.05) is 4.90 Å². The molecule has 0 spiro atoms. The number of amides is 1. The summed E-state index contributed by atoms with van der Waals surface area (Å²) >= 11 is 0. The summed E-state index contributed by atoms with van der Waals surface area (Å²) in [7, 11) is 0. The minimum atomic E-state index is 0.00227. The molecule has 1 aliphatic rings. The van der Waals surface area contributed by atoms with Crippen LogP contribution in [0, 0.1) is 17.8 Å². The van der Waals surface area contributed by atoms with Crippen LogP contribution in [0.25, 0.3) is 0 Å². The molecule has 0 aromatic carbocycles. The molecule has 1 saturated heterocycles. The third-order valence-corrected chi connectivity index (χ3v) is 2.83. The number of nitrogens with zero attached hydrogens (tertiary/aromatic N) is 1. The average molecular weight is 193 g/mol. The van der Waals surface area contributed by atoms with Gasteiger partial charge in [0.1, 0.15) is 0 Å². The Kier molecular flexibility index (Phi) is 4.52. The first-order valence-corrected chi connectivity index (χ1v) is 5.49. The molecule has 2 heteroatoms. The zero-order valence-electron chi connectivity index (χ0n) is 9.18. The van der Waals surface area contributed by atoms with Crippen molar-refractivity contribution in [2.45, 2.75) is 39.5 Å². The number of hydrogen-bond acceptors (Lipinski definition) is 1. The van der Waals surface area contributed by atoms with Crippen LogP contribution in [0.1, 0.15) is 39.5 Å². The lowest BCUT2D eigenvalue weighted by Gasteiger charge is -2.30. The summed E-state index contributed by atoms with van der Waals surface area (Å²) in [5, 5.41) is 0. The highest BCUT2D eigenvalue weighted by molar-refractivity contribution is 5.93. The van der Waals surface area contributed by atoms with E-state index in [1.54, 1.807) is 6.92 Å². The summed E-state index contributed by atoms with van der Waals surface area (Å²) in [4.78, 5) is 13.3. The van der Waals surface area contributed by atoms with E-state index in [4.69, 9.17) is 0 Å². The SMILES string of the molecule is CC#CC(=O)N1CCC(CCC)CC1. The Morgan fingerprint density at radius 1 is 1.43 bits per heavy atom. The van der Waals surface area contributed by atoms with Crippen LogP contribution in [-0.2, 0) is 4.79 Å². The first-order chi connectivity index (χ1) is 6.77. The highest BCUT2D eigenvalue weighted by Gasteiger charge is 2.20. The first-order valence-electron chi connectivity index (χ1n) is 5.49. The zero-order valence-corrected chi connectivity index (χ0v) is 9.18. The number of hydrogen-bond donors (Lipinski definition) is 0. The fourth-order valence-corrected chi connectivity index (χ4v) is 2.02. The van der Waals surface area contributed by atoms with Crippen LogP contribution in [0.3, 0.4) is 0 Å². The third kappa shape index (κ3) is 3.06. The van der Waals surface area contributed by atoms with Gasteiger partial charge in [-0.1, -0.05) is 25.7 Å². The van der Waals surface area contributed by atoms with Gasteiger partial charge in [0, 0.05) is 13.1 Å². The fourth-order valence-electron chi connectivity index (χ4n) is 2.02. The van der Waals surface area contributed by atoms with Crippen molar-refractivity contribution in [1.29, 1.82) is 0 Å². The van der Waals surface area contributed by atoms with Crippen molar-refractivity contribution >= 4 is 5.91 Å². The smallest absolute Gasteiger partial charge is 0.298 e. The van der Waals surface area contributed by atoms with Gasteiger partial charge < -0.3 is 4.90 Å². The standard InChI is InChI=1S/C12H19NO/c1-3-5-11-7-9-13(10-8-11)12(14)6-4-2/h11H,3,5,7-10H2,1-2H3. The summed E-state index contributed by atoms with van der Waals surface area (Å²) in [6.45, 7) is 5.73. The van der Waals surface area contributed by atoms with E-state index in [-0.39, 0.29) is 5.91 Å². The molecule has 0 unspecified atom stereocenters. The van der Waals surface area contributed by atoms with Crippen molar-refractivity contribution in [2.24, 2.45) is 5.92 Å².